The van der Waals surface area contributed by atoms with Gasteiger partial charge < -0.3 is 14.6 Å². The van der Waals surface area contributed by atoms with Gasteiger partial charge in [-0.3, -0.25) is 0 Å². The van der Waals surface area contributed by atoms with Gasteiger partial charge in [0, 0.05) is 20.6 Å². The second-order valence-corrected chi connectivity index (χ2v) is 8.33. The van der Waals surface area contributed by atoms with E-state index in [0.717, 1.165) is 11.3 Å². The van der Waals surface area contributed by atoms with Crippen molar-refractivity contribution < 1.29 is 23.8 Å². The molecule has 0 unspecified atom stereocenters. The summed E-state index contributed by atoms with van der Waals surface area (Å²) >= 11 is 9.51. The van der Waals surface area contributed by atoms with Gasteiger partial charge in [0.25, 0.3) is 0 Å². The largest absolute Gasteiger partial charge is 0.493 e. The number of carboxylic acids is 1. The molecular formula is C24H17BrClFN2O4. The summed E-state index contributed by atoms with van der Waals surface area (Å²) in [6, 6.07) is 18.4. The van der Waals surface area contributed by atoms with E-state index in [2.05, 4.69) is 15.9 Å². The number of rotatable bonds is 7. The second kappa shape index (κ2) is 9.64. The number of hydrogen-bond acceptors (Lipinski definition) is 4. The molecule has 33 heavy (non-hydrogen) atoms. The molecule has 0 spiro atoms. The number of aliphatic carboxylic acids is 1. The van der Waals surface area contributed by atoms with E-state index < -0.39 is 12.6 Å². The van der Waals surface area contributed by atoms with Gasteiger partial charge in [0.05, 0.1) is 24.2 Å². The van der Waals surface area contributed by atoms with Gasteiger partial charge in [0.2, 0.25) is 0 Å². The highest BCUT2D eigenvalue weighted by molar-refractivity contribution is 9.10. The summed E-state index contributed by atoms with van der Waals surface area (Å²) in [4.78, 5) is 11.1. The Balaban J connectivity index is 1.92. The van der Waals surface area contributed by atoms with Gasteiger partial charge in [-0.05, 0) is 66.7 Å². The summed E-state index contributed by atoms with van der Waals surface area (Å²) in [5.74, 6) is -0.873. The summed E-state index contributed by atoms with van der Waals surface area (Å²) in [6.45, 7) is -0.548. The van der Waals surface area contributed by atoms with E-state index in [0.29, 0.717) is 32.2 Å². The molecule has 9 heteroatoms. The topological polar surface area (TPSA) is 73.6 Å². The Morgan fingerprint density at radius 3 is 2.45 bits per heavy atom. The third kappa shape index (κ3) is 5.02. The Morgan fingerprint density at radius 2 is 1.82 bits per heavy atom. The Labute approximate surface area is 202 Å². The number of aromatic nitrogens is 2. The van der Waals surface area contributed by atoms with Gasteiger partial charge in [0.15, 0.2) is 18.1 Å². The second-order valence-electron chi connectivity index (χ2n) is 6.98. The number of hydrogen-bond donors (Lipinski definition) is 1. The van der Waals surface area contributed by atoms with Gasteiger partial charge in [0.1, 0.15) is 5.82 Å². The zero-order valence-electron chi connectivity index (χ0n) is 17.3. The predicted octanol–water partition coefficient (Wildman–Crippen LogP) is 6.23. The number of carbonyl (C=O) groups is 1. The Hall–Kier alpha value is -3.36. The first-order chi connectivity index (χ1) is 15.9. The molecule has 4 rings (SSSR count). The first-order valence-corrected chi connectivity index (χ1v) is 10.9. The fourth-order valence-electron chi connectivity index (χ4n) is 3.31. The van der Waals surface area contributed by atoms with E-state index in [1.165, 1.54) is 19.2 Å². The number of methoxy groups -OCH3 is 1. The molecule has 1 N–H and O–H groups in total. The molecule has 0 bridgehead atoms. The molecule has 0 fully saturated rings. The third-order valence-electron chi connectivity index (χ3n) is 4.78. The van der Waals surface area contributed by atoms with E-state index in [9.17, 15) is 9.18 Å². The summed E-state index contributed by atoms with van der Waals surface area (Å²) in [5, 5.41) is 14.4. The maximum Gasteiger partial charge on any atom is 0.341 e. The minimum atomic E-state index is -1.12. The maximum atomic E-state index is 13.6. The van der Waals surface area contributed by atoms with Crippen LogP contribution in [0.2, 0.25) is 5.02 Å². The number of benzene rings is 3. The van der Waals surface area contributed by atoms with Crippen LogP contribution in [0, 0.1) is 5.82 Å². The average molecular weight is 532 g/mol. The van der Waals surface area contributed by atoms with Crippen molar-refractivity contribution in [1.82, 2.24) is 9.78 Å². The van der Waals surface area contributed by atoms with Crippen LogP contribution in [0.1, 0.15) is 0 Å². The van der Waals surface area contributed by atoms with Crippen molar-refractivity contribution >= 4 is 33.5 Å². The zero-order chi connectivity index (χ0) is 23.5. The summed E-state index contributed by atoms with van der Waals surface area (Å²) < 4.78 is 26.9. The van der Waals surface area contributed by atoms with Crippen molar-refractivity contribution in [2.24, 2.45) is 0 Å². The van der Waals surface area contributed by atoms with Crippen molar-refractivity contribution in [2.45, 2.75) is 0 Å². The van der Waals surface area contributed by atoms with Crippen molar-refractivity contribution in [3.05, 3.63) is 82.0 Å². The lowest BCUT2D eigenvalue weighted by Gasteiger charge is -2.13. The molecule has 168 valence electrons. The van der Waals surface area contributed by atoms with E-state index in [4.69, 9.17) is 31.3 Å². The molecule has 0 aliphatic heterocycles. The van der Waals surface area contributed by atoms with Gasteiger partial charge in [-0.25, -0.2) is 13.9 Å². The van der Waals surface area contributed by atoms with Crippen molar-refractivity contribution in [3.63, 3.8) is 0 Å². The van der Waals surface area contributed by atoms with Gasteiger partial charge in [-0.15, -0.1) is 0 Å². The molecule has 0 aliphatic carbocycles. The smallest absolute Gasteiger partial charge is 0.341 e. The van der Waals surface area contributed by atoms with E-state index >= 15 is 0 Å². The molecule has 4 aromatic rings. The van der Waals surface area contributed by atoms with E-state index in [1.54, 1.807) is 41.1 Å². The van der Waals surface area contributed by atoms with E-state index in [-0.39, 0.29) is 11.6 Å². The molecule has 1 heterocycles. The molecule has 1 aromatic heterocycles. The van der Waals surface area contributed by atoms with Crippen LogP contribution in [-0.4, -0.2) is 34.6 Å². The summed E-state index contributed by atoms with van der Waals surface area (Å²) in [6.07, 6.45) is 0. The number of ether oxygens (including phenoxy) is 2. The quantitative estimate of drug-likeness (QED) is 0.306. The number of nitrogens with zero attached hydrogens (tertiary/aromatic N) is 2. The van der Waals surface area contributed by atoms with Gasteiger partial charge in [-0.1, -0.05) is 27.5 Å². The Bertz CT molecular complexity index is 1240. The Morgan fingerprint density at radius 1 is 1.12 bits per heavy atom. The lowest BCUT2D eigenvalue weighted by molar-refractivity contribution is -0.139. The van der Waals surface area contributed by atoms with Crippen LogP contribution in [0.3, 0.4) is 0 Å². The van der Waals surface area contributed by atoms with Crippen molar-refractivity contribution in [1.29, 1.82) is 0 Å². The van der Waals surface area contributed by atoms with Crippen LogP contribution in [0.25, 0.3) is 28.2 Å². The average Bonchev–Trinajstić information content (AvgIpc) is 3.23. The third-order valence-corrected chi connectivity index (χ3v) is 5.49. The summed E-state index contributed by atoms with van der Waals surface area (Å²) in [7, 11) is 1.47. The number of carboxylic acid groups (broad SMARTS) is 1. The molecule has 0 amide bonds. The van der Waals surface area contributed by atoms with Crippen LogP contribution in [0.4, 0.5) is 4.39 Å². The standard InChI is InChI=1S/C24H17BrClFN2O4/c1-32-22-11-15(25)10-19(24(22)33-13-23(30)31)20-12-21(14-2-6-17(27)7-3-14)29(28-20)18-8-4-16(26)5-9-18/h2-12H,13H2,1H3,(H,30,31). The molecule has 0 atom stereocenters. The minimum absolute atomic E-state index is 0.245. The highest BCUT2D eigenvalue weighted by Gasteiger charge is 2.21. The monoisotopic (exact) mass is 530 g/mol. The Kier molecular flexibility index (Phi) is 6.67. The highest BCUT2D eigenvalue weighted by atomic mass is 79.9. The lowest BCUT2D eigenvalue weighted by atomic mass is 10.1. The van der Waals surface area contributed by atoms with Crippen molar-refractivity contribution in [3.8, 4) is 39.7 Å². The minimum Gasteiger partial charge on any atom is -0.493 e. The molecule has 3 aromatic carbocycles. The van der Waals surface area contributed by atoms with Crippen LogP contribution < -0.4 is 9.47 Å². The fourth-order valence-corrected chi connectivity index (χ4v) is 3.87. The predicted molar refractivity (Wildman–Crippen MR) is 127 cm³/mol. The van der Waals surface area contributed by atoms with Crippen LogP contribution in [-0.2, 0) is 4.79 Å². The molecule has 0 aliphatic rings. The highest BCUT2D eigenvalue weighted by Crippen LogP contribution is 2.42. The van der Waals surface area contributed by atoms with Crippen molar-refractivity contribution in [2.75, 3.05) is 13.7 Å². The first-order valence-electron chi connectivity index (χ1n) is 9.70. The molecule has 6 nitrogen and oxygen atoms in total. The van der Waals surface area contributed by atoms with Crippen LogP contribution in [0.15, 0.2) is 71.2 Å². The normalized spacial score (nSPS) is 10.8. The maximum absolute atomic E-state index is 13.6. The summed E-state index contributed by atoms with van der Waals surface area (Å²) in [5.41, 5.74) is 3.19. The lowest BCUT2D eigenvalue weighted by Crippen LogP contribution is -2.11. The van der Waals surface area contributed by atoms with Crippen LogP contribution in [0.5, 0.6) is 11.5 Å². The molecule has 0 saturated heterocycles. The van der Waals surface area contributed by atoms with Gasteiger partial charge in [-0.2, -0.15) is 5.10 Å². The first kappa shape index (κ1) is 22.8. The number of halogens is 3. The zero-order valence-corrected chi connectivity index (χ0v) is 19.6. The molecule has 0 saturated carbocycles. The fraction of sp³-hybridized carbons (Fsp3) is 0.0833. The van der Waals surface area contributed by atoms with Crippen LogP contribution >= 0.6 is 27.5 Å². The SMILES string of the molecule is COc1cc(Br)cc(-c2cc(-c3ccc(F)cc3)n(-c3ccc(Cl)cc3)n2)c1OCC(=O)O. The van der Waals surface area contributed by atoms with Gasteiger partial charge >= 0.3 is 5.97 Å². The molecular weight excluding hydrogens is 515 g/mol. The molecule has 0 radical (unpaired) electrons. The van der Waals surface area contributed by atoms with E-state index in [1.807, 2.05) is 18.2 Å².